The number of nitrogens with one attached hydrogen (secondary N) is 1. The number of aromatic nitrogens is 4. The molecular formula is C17H18ClN5O2. The van der Waals surface area contributed by atoms with Gasteiger partial charge >= 0.3 is 0 Å². The molecule has 7 nitrogen and oxygen atoms in total. The molecule has 1 aliphatic carbocycles. The molecule has 0 aliphatic heterocycles. The van der Waals surface area contributed by atoms with E-state index in [-0.39, 0.29) is 23.9 Å². The van der Waals surface area contributed by atoms with Crippen molar-refractivity contribution in [3.8, 4) is 22.8 Å². The first-order valence-corrected chi connectivity index (χ1v) is 7.94. The molecule has 0 saturated heterocycles. The van der Waals surface area contributed by atoms with Crippen LogP contribution in [0.15, 0.2) is 45.8 Å². The number of aromatic amines is 1. The summed E-state index contributed by atoms with van der Waals surface area (Å²) in [5, 5.41) is 3.99. The van der Waals surface area contributed by atoms with Crippen LogP contribution in [-0.4, -0.2) is 20.1 Å². The van der Waals surface area contributed by atoms with E-state index in [0.29, 0.717) is 22.8 Å². The maximum Gasteiger partial charge on any atom is 0.263 e. The monoisotopic (exact) mass is 359 g/mol. The molecule has 3 aromatic rings. The fourth-order valence-corrected chi connectivity index (χ4v) is 3.08. The molecule has 0 spiro atoms. The van der Waals surface area contributed by atoms with E-state index in [9.17, 15) is 4.79 Å². The van der Waals surface area contributed by atoms with Gasteiger partial charge in [0.2, 0.25) is 0 Å². The third-order valence-corrected chi connectivity index (χ3v) is 4.45. The van der Waals surface area contributed by atoms with Crippen LogP contribution in [0.3, 0.4) is 0 Å². The lowest BCUT2D eigenvalue weighted by Crippen LogP contribution is -2.34. The first-order valence-electron chi connectivity index (χ1n) is 7.94. The summed E-state index contributed by atoms with van der Waals surface area (Å²) < 4.78 is 5.28. The minimum atomic E-state index is -0.539. The molecule has 0 amide bonds. The largest absolute Gasteiger partial charge is 0.334 e. The van der Waals surface area contributed by atoms with Gasteiger partial charge in [0.1, 0.15) is 5.56 Å². The van der Waals surface area contributed by atoms with Crippen molar-refractivity contribution < 1.29 is 4.52 Å². The van der Waals surface area contributed by atoms with Crippen LogP contribution < -0.4 is 11.3 Å². The quantitative estimate of drug-likeness (QED) is 0.743. The Bertz CT molecular complexity index is 916. The third-order valence-electron chi connectivity index (χ3n) is 4.45. The van der Waals surface area contributed by atoms with E-state index in [0.717, 1.165) is 25.7 Å². The van der Waals surface area contributed by atoms with Crippen LogP contribution in [-0.2, 0) is 5.54 Å². The maximum absolute atomic E-state index is 12.4. The zero-order chi connectivity index (χ0) is 16.6. The second-order valence-corrected chi connectivity index (χ2v) is 6.12. The summed E-state index contributed by atoms with van der Waals surface area (Å²) in [5.41, 5.74) is 7.15. The van der Waals surface area contributed by atoms with Gasteiger partial charge in [-0.25, -0.2) is 0 Å². The van der Waals surface area contributed by atoms with Crippen molar-refractivity contribution in [3.05, 3.63) is 52.7 Å². The second kappa shape index (κ2) is 6.78. The van der Waals surface area contributed by atoms with Crippen molar-refractivity contribution in [2.45, 2.75) is 31.2 Å². The molecule has 130 valence electrons. The standard InChI is InChI=1S/C17H17N5O2.ClH/c18-17(8-2-3-9-17)16-21-15(24-22-16)11-6-7-13(20-14(11)23)12-5-1-4-10-19-12;/h1,4-7,10H,2-3,8-9,18H2,(H,20,23);1H. The van der Waals surface area contributed by atoms with Crippen LogP contribution in [0.2, 0.25) is 0 Å². The SMILES string of the molecule is Cl.NC1(c2noc(-c3ccc(-c4ccccn4)[nH]c3=O)n2)CCCC1. The Balaban J connectivity index is 0.00000182. The Labute approximate surface area is 150 Å². The van der Waals surface area contributed by atoms with Crippen LogP contribution in [0.5, 0.6) is 0 Å². The van der Waals surface area contributed by atoms with E-state index in [4.69, 9.17) is 10.3 Å². The third kappa shape index (κ3) is 3.20. The van der Waals surface area contributed by atoms with Crippen molar-refractivity contribution >= 4 is 12.4 Å². The highest BCUT2D eigenvalue weighted by Gasteiger charge is 2.36. The summed E-state index contributed by atoms with van der Waals surface area (Å²) in [6, 6.07) is 8.95. The van der Waals surface area contributed by atoms with Gasteiger partial charge in [-0.1, -0.05) is 24.1 Å². The van der Waals surface area contributed by atoms with E-state index >= 15 is 0 Å². The molecule has 0 radical (unpaired) electrons. The van der Waals surface area contributed by atoms with Crippen LogP contribution in [0.4, 0.5) is 0 Å². The first kappa shape index (κ1) is 17.3. The molecule has 8 heteroatoms. The molecule has 1 aliphatic rings. The van der Waals surface area contributed by atoms with E-state index < -0.39 is 5.54 Å². The predicted octanol–water partition coefficient (Wildman–Crippen LogP) is 2.64. The molecule has 3 aromatic heterocycles. The number of nitrogens with two attached hydrogens (primary N) is 1. The number of nitrogens with zero attached hydrogens (tertiary/aromatic N) is 3. The minimum Gasteiger partial charge on any atom is -0.334 e. The van der Waals surface area contributed by atoms with Crippen LogP contribution in [0, 0.1) is 0 Å². The fourth-order valence-electron chi connectivity index (χ4n) is 3.08. The number of pyridine rings is 2. The summed E-state index contributed by atoms with van der Waals surface area (Å²) in [4.78, 5) is 23.8. The Hall–Kier alpha value is -2.51. The van der Waals surface area contributed by atoms with Gasteiger partial charge in [0.25, 0.3) is 11.4 Å². The molecule has 1 fully saturated rings. The van der Waals surface area contributed by atoms with Gasteiger partial charge in [0.05, 0.1) is 16.9 Å². The first-order chi connectivity index (χ1) is 11.7. The zero-order valence-electron chi connectivity index (χ0n) is 13.4. The highest BCUT2D eigenvalue weighted by atomic mass is 35.5. The van der Waals surface area contributed by atoms with Crippen molar-refractivity contribution in [2.75, 3.05) is 0 Å². The number of hydrogen-bond acceptors (Lipinski definition) is 6. The predicted molar refractivity (Wildman–Crippen MR) is 95.2 cm³/mol. The summed E-state index contributed by atoms with van der Waals surface area (Å²) in [5.74, 6) is 0.666. The molecule has 3 heterocycles. The Kier molecular flexibility index (Phi) is 4.69. The fraction of sp³-hybridized carbons (Fsp3) is 0.294. The Morgan fingerprint density at radius 3 is 2.64 bits per heavy atom. The van der Waals surface area contributed by atoms with Gasteiger partial charge in [-0.15, -0.1) is 12.4 Å². The average Bonchev–Trinajstić information content (AvgIpc) is 3.26. The highest BCUT2D eigenvalue weighted by molar-refractivity contribution is 5.85. The Morgan fingerprint density at radius 1 is 1.16 bits per heavy atom. The van der Waals surface area contributed by atoms with Crippen molar-refractivity contribution in [1.29, 1.82) is 0 Å². The average molecular weight is 360 g/mol. The van der Waals surface area contributed by atoms with E-state index in [1.54, 1.807) is 18.3 Å². The molecule has 3 N–H and O–H groups in total. The summed E-state index contributed by atoms with van der Waals surface area (Å²) >= 11 is 0. The molecule has 0 aromatic carbocycles. The topological polar surface area (TPSA) is 111 Å². The van der Waals surface area contributed by atoms with Gasteiger partial charge in [0.15, 0.2) is 5.82 Å². The lowest BCUT2D eigenvalue weighted by molar-refractivity contribution is 0.372. The highest BCUT2D eigenvalue weighted by Crippen LogP contribution is 2.35. The van der Waals surface area contributed by atoms with E-state index in [2.05, 4.69) is 20.1 Å². The molecular weight excluding hydrogens is 342 g/mol. The van der Waals surface area contributed by atoms with Crippen molar-refractivity contribution in [2.24, 2.45) is 5.73 Å². The van der Waals surface area contributed by atoms with Gasteiger partial charge in [-0.2, -0.15) is 4.98 Å². The summed E-state index contributed by atoms with van der Waals surface area (Å²) in [6.45, 7) is 0. The molecule has 25 heavy (non-hydrogen) atoms. The van der Waals surface area contributed by atoms with Crippen molar-refractivity contribution in [1.82, 2.24) is 20.1 Å². The maximum atomic E-state index is 12.4. The van der Waals surface area contributed by atoms with E-state index in [1.165, 1.54) is 0 Å². The zero-order valence-corrected chi connectivity index (χ0v) is 14.3. The second-order valence-electron chi connectivity index (χ2n) is 6.12. The van der Waals surface area contributed by atoms with Gasteiger partial charge < -0.3 is 15.2 Å². The lowest BCUT2D eigenvalue weighted by Gasteiger charge is -2.17. The number of H-pyrrole nitrogens is 1. The van der Waals surface area contributed by atoms with Crippen LogP contribution in [0.25, 0.3) is 22.8 Å². The van der Waals surface area contributed by atoms with Crippen molar-refractivity contribution in [3.63, 3.8) is 0 Å². The van der Waals surface area contributed by atoms with Gasteiger partial charge in [-0.3, -0.25) is 9.78 Å². The van der Waals surface area contributed by atoms with Crippen LogP contribution in [0.1, 0.15) is 31.5 Å². The number of hydrogen-bond donors (Lipinski definition) is 2. The minimum absolute atomic E-state index is 0. The number of halogens is 1. The number of rotatable bonds is 3. The smallest absolute Gasteiger partial charge is 0.263 e. The molecule has 4 rings (SSSR count). The summed E-state index contributed by atoms with van der Waals surface area (Å²) in [6.07, 6.45) is 5.45. The molecule has 0 atom stereocenters. The normalized spacial score (nSPS) is 15.7. The van der Waals surface area contributed by atoms with Crippen LogP contribution >= 0.6 is 12.4 Å². The lowest BCUT2D eigenvalue weighted by atomic mass is 9.99. The molecule has 0 bridgehead atoms. The molecule has 0 unspecified atom stereocenters. The Morgan fingerprint density at radius 2 is 1.96 bits per heavy atom. The summed E-state index contributed by atoms with van der Waals surface area (Å²) in [7, 11) is 0. The van der Waals surface area contributed by atoms with E-state index in [1.807, 2.05) is 18.2 Å². The molecule has 1 saturated carbocycles. The van der Waals surface area contributed by atoms with Gasteiger partial charge in [-0.05, 0) is 37.1 Å². The van der Waals surface area contributed by atoms with Gasteiger partial charge in [0, 0.05) is 6.20 Å².